The third kappa shape index (κ3) is 4.09. The molecule has 1 unspecified atom stereocenters. The first kappa shape index (κ1) is 16.8. The number of amides is 1. The van der Waals surface area contributed by atoms with Crippen LogP contribution in [-0.4, -0.2) is 42.2 Å². The van der Waals surface area contributed by atoms with Crippen LogP contribution in [0.3, 0.4) is 0 Å². The Morgan fingerprint density at radius 2 is 1.62 bits per heavy atom. The molecule has 1 fully saturated rings. The van der Waals surface area contributed by atoms with E-state index in [1.165, 1.54) is 12.1 Å². The van der Waals surface area contributed by atoms with Gasteiger partial charge < -0.3 is 9.80 Å². The number of nitrogens with zero attached hydrogens (tertiary/aromatic N) is 2. The van der Waals surface area contributed by atoms with Crippen molar-refractivity contribution < 1.29 is 9.18 Å². The third-order valence-electron chi connectivity index (χ3n) is 4.19. The number of benzene rings is 2. The summed E-state index contributed by atoms with van der Waals surface area (Å²) in [6.45, 7) is 4.93. The van der Waals surface area contributed by atoms with Crippen LogP contribution in [0.4, 0.5) is 10.1 Å². The highest BCUT2D eigenvalue weighted by Crippen LogP contribution is 2.25. The van der Waals surface area contributed by atoms with Gasteiger partial charge in [0, 0.05) is 36.8 Å². The van der Waals surface area contributed by atoms with Crippen molar-refractivity contribution in [2.24, 2.45) is 0 Å². The molecule has 0 radical (unpaired) electrons. The molecule has 1 atom stereocenters. The Balaban J connectivity index is 1.54. The molecular formula is C19H21FN2OS. The van der Waals surface area contributed by atoms with Gasteiger partial charge in [0.1, 0.15) is 5.82 Å². The van der Waals surface area contributed by atoms with E-state index in [0.29, 0.717) is 13.1 Å². The number of thioether (sulfide) groups is 1. The van der Waals surface area contributed by atoms with E-state index in [1.54, 1.807) is 23.9 Å². The van der Waals surface area contributed by atoms with Crippen LogP contribution in [0.2, 0.25) is 0 Å². The lowest BCUT2D eigenvalue weighted by Gasteiger charge is -2.37. The molecule has 0 aliphatic carbocycles. The van der Waals surface area contributed by atoms with Gasteiger partial charge in [0.2, 0.25) is 5.91 Å². The summed E-state index contributed by atoms with van der Waals surface area (Å²) < 4.78 is 13.0. The third-order valence-corrected chi connectivity index (χ3v) is 5.29. The number of carbonyl (C=O) groups is 1. The Kier molecular flexibility index (Phi) is 5.41. The monoisotopic (exact) mass is 344 g/mol. The molecule has 1 saturated heterocycles. The van der Waals surface area contributed by atoms with Crippen LogP contribution >= 0.6 is 11.8 Å². The lowest BCUT2D eigenvalue weighted by atomic mass is 10.2. The highest BCUT2D eigenvalue weighted by molar-refractivity contribution is 8.00. The normalized spacial score (nSPS) is 16.1. The van der Waals surface area contributed by atoms with E-state index in [9.17, 15) is 9.18 Å². The number of halogens is 1. The summed E-state index contributed by atoms with van der Waals surface area (Å²) in [5.74, 6) is -0.0399. The number of hydrogen-bond acceptors (Lipinski definition) is 3. The SMILES string of the molecule is CC(Sc1ccccc1)C(=O)N1CCN(c2ccc(F)cc2)CC1. The van der Waals surface area contributed by atoms with Gasteiger partial charge in [0.05, 0.1) is 5.25 Å². The van der Waals surface area contributed by atoms with Gasteiger partial charge >= 0.3 is 0 Å². The predicted molar refractivity (Wildman–Crippen MR) is 97.0 cm³/mol. The van der Waals surface area contributed by atoms with Gasteiger partial charge in [-0.2, -0.15) is 0 Å². The Hall–Kier alpha value is -2.01. The van der Waals surface area contributed by atoms with Crippen LogP contribution in [0.25, 0.3) is 0 Å². The number of hydrogen-bond donors (Lipinski definition) is 0. The fourth-order valence-electron chi connectivity index (χ4n) is 2.85. The summed E-state index contributed by atoms with van der Waals surface area (Å²) in [6.07, 6.45) is 0. The molecule has 3 nitrogen and oxygen atoms in total. The molecule has 24 heavy (non-hydrogen) atoms. The van der Waals surface area contributed by atoms with Crippen LogP contribution in [0.5, 0.6) is 0 Å². The molecular weight excluding hydrogens is 323 g/mol. The minimum atomic E-state index is -0.223. The fraction of sp³-hybridized carbons (Fsp3) is 0.316. The van der Waals surface area contributed by atoms with Gasteiger partial charge in [0.25, 0.3) is 0 Å². The molecule has 0 N–H and O–H groups in total. The van der Waals surface area contributed by atoms with Gasteiger partial charge in [-0.05, 0) is 43.3 Å². The molecule has 5 heteroatoms. The lowest BCUT2D eigenvalue weighted by Crippen LogP contribution is -2.50. The first-order chi connectivity index (χ1) is 11.6. The molecule has 0 spiro atoms. The van der Waals surface area contributed by atoms with Crippen LogP contribution in [0.1, 0.15) is 6.92 Å². The molecule has 1 aliphatic rings. The summed E-state index contributed by atoms with van der Waals surface area (Å²) in [5, 5.41) is -0.0928. The quantitative estimate of drug-likeness (QED) is 0.791. The average molecular weight is 344 g/mol. The summed E-state index contributed by atoms with van der Waals surface area (Å²) in [4.78, 5) is 17.9. The molecule has 0 saturated carbocycles. The summed E-state index contributed by atoms with van der Waals surface area (Å²) >= 11 is 1.60. The van der Waals surface area contributed by atoms with E-state index in [4.69, 9.17) is 0 Å². The molecule has 2 aromatic rings. The van der Waals surface area contributed by atoms with E-state index in [-0.39, 0.29) is 17.0 Å². The Bertz CT molecular complexity index is 670. The zero-order valence-electron chi connectivity index (χ0n) is 13.7. The number of carbonyl (C=O) groups excluding carboxylic acids is 1. The van der Waals surface area contributed by atoms with Crippen LogP contribution in [0.15, 0.2) is 59.5 Å². The summed E-state index contributed by atoms with van der Waals surface area (Å²) in [5.41, 5.74) is 1.01. The molecule has 3 rings (SSSR count). The van der Waals surface area contributed by atoms with Crippen molar-refractivity contribution in [1.82, 2.24) is 4.90 Å². The van der Waals surface area contributed by atoms with E-state index >= 15 is 0 Å². The topological polar surface area (TPSA) is 23.6 Å². The van der Waals surface area contributed by atoms with Crippen LogP contribution in [0, 0.1) is 5.82 Å². The zero-order valence-corrected chi connectivity index (χ0v) is 14.5. The highest BCUT2D eigenvalue weighted by Gasteiger charge is 2.25. The molecule has 1 amide bonds. The van der Waals surface area contributed by atoms with Crippen molar-refractivity contribution in [3.63, 3.8) is 0 Å². The van der Waals surface area contributed by atoms with Crippen LogP contribution in [-0.2, 0) is 4.79 Å². The molecule has 1 heterocycles. The number of anilines is 1. The van der Waals surface area contributed by atoms with Crippen molar-refractivity contribution in [1.29, 1.82) is 0 Å². The maximum absolute atomic E-state index is 13.0. The first-order valence-electron chi connectivity index (χ1n) is 8.14. The fourth-order valence-corrected chi connectivity index (χ4v) is 3.82. The predicted octanol–water partition coefficient (Wildman–Crippen LogP) is 3.66. The molecule has 126 valence electrons. The maximum atomic E-state index is 13.0. The van der Waals surface area contributed by atoms with Crippen molar-refractivity contribution in [2.45, 2.75) is 17.1 Å². The molecule has 0 aromatic heterocycles. The Morgan fingerprint density at radius 3 is 2.25 bits per heavy atom. The van der Waals surface area contributed by atoms with E-state index in [1.807, 2.05) is 42.2 Å². The minimum absolute atomic E-state index is 0.0928. The van der Waals surface area contributed by atoms with Crippen molar-refractivity contribution in [3.05, 3.63) is 60.4 Å². The van der Waals surface area contributed by atoms with E-state index < -0.39 is 0 Å². The van der Waals surface area contributed by atoms with Gasteiger partial charge in [-0.1, -0.05) is 18.2 Å². The highest BCUT2D eigenvalue weighted by atomic mass is 32.2. The summed E-state index contributed by atoms with van der Waals surface area (Å²) in [6, 6.07) is 16.5. The summed E-state index contributed by atoms with van der Waals surface area (Å²) in [7, 11) is 0. The van der Waals surface area contributed by atoms with Gasteiger partial charge in [-0.25, -0.2) is 4.39 Å². The number of piperazine rings is 1. The van der Waals surface area contributed by atoms with Gasteiger partial charge in [0.15, 0.2) is 0 Å². The molecule has 2 aromatic carbocycles. The Morgan fingerprint density at radius 1 is 1.00 bits per heavy atom. The largest absolute Gasteiger partial charge is 0.368 e. The lowest BCUT2D eigenvalue weighted by molar-refractivity contribution is -0.130. The van der Waals surface area contributed by atoms with Crippen molar-refractivity contribution >= 4 is 23.4 Å². The van der Waals surface area contributed by atoms with E-state index in [0.717, 1.165) is 23.7 Å². The zero-order chi connectivity index (χ0) is 16.9. The average Bonchev–Trinajstić information content (AvgIpc) is 2.63. The smallest absolute Gasteiger partial charge is 0.235 e. The second-order valence-electron chi connectivity index (χ2n) is 5.86. The van der Waals surface area contributed by atoms with Gasteiger partial charge in [-0.3, -0.25) is 4.79 Å². The van der Waals surface area contributed by atoms with Crippen LogP contribution < -0.4 is 4.90 Å². The maximum Gasteiger partial charge on any atom is 0.235 e. The molecule has 0 bridgehead atoms. The van der Waals surface area contributed by atoms with E-state index in [2.05, 4.69) is 4.90 Å². The second kappa shape index (κ2) is 7.71. The van der Waals surface area contributed by atoms with Crippen molar-refractivity contribution in [2.75, 3.05) is 31.1 Å². The van der Waals surface area contributed by atoms with Crippen molar-refractivity contribution in [3.8, 4) is 0 Å². The molecule has 1 aliphatic heterocycles. The Labute approximate surface area is 146 Å². The number of rotatable bonds is 4. The second-order valence-corrected chi connectivity index (χ2v) is 7.28. The standard InChI is InChI=1S/C19H21FN2OS/c1-15(24-18-5-3-2-4-6-18)19(23)22-13-11-21(12-14-22)17-9-7-16(20)8-10-17/h2-10,15H,11-14H2,1H3. The van der Waals surface area contributed by atoms with Gasteiger partial charge in [-0.15, -0.1) is 11.8 Å². The minimum Gasteiger partial charge on any atom is -0.368 e. The first-order valence-corrected chi connectivity index (χ1v) is 9.02.